The van der Waals surface area contributed by atoms with Crippen LogP contribution in [0.2, 0.25) is 0 Å². The van der Waals surface area contributed by atoms with Gasteiger partial charge in [-0.3, -0.25) is 0 Å². The van der Waals surface area contributed by atoms with E-state index in [0.717, 1.165) is 30.8 Å². The second-order valence-corrected chi connectivity index (χ2v) is 5.16. The molecule has 1 atom stereocenters. The number of ether oxygens (including phenoxy) is 2. The van der Waals surface area contributed by atoms with Crippen molar-refractivity contribution in [3.8, 4) is 11.5 Å². The van der Waals surface area contributed by atoms with Gasteiger partial charge >= 0.3 is 0 Å². The fourth-order valence-corrected chi connectivity index (χ4v) is 2.73. The van der Waals surface area contributed by atoms with Crippen LogP contribution < -0.4 is 15.2 Å². The van der Waals surface area contributed by atoms with Gasteiger partial charge in [-0.25, -0.2) is 0 Å². The molecule has 1 aliphatic carbocycles. The van der Waals surface area contributed by atoms with E-state index in [4.69, 9.17) is 15.2 Å². The third-order valence-electron chi connectivity index (χ3n) is 4.18. The van der Waals surface area contributed by atoms with Crippen molar-refractivity contribution in [2.75, 3.05) is 14.2 Å². The van der Waals surface area contributed by atoms with E-state index in [1.807, 2.05) is 0 Å². The van der Waals surface area contributed by atoms with Crippen molar-refractivity contribution in [2.45, 2.75) is 44.6 Å². The molecule has 0 heterocycles. The monoisotopic (exact) mass is 249 g/mol. The van der Waals surface area contributed by atoms with Gasteiger partial charge in [0.05, 0.1) is 14.2 Å². The Morgan fingerprint density at radius 3 is 2.22 bits per heavy atom. The number of hydrogen-bond acceptors (Lipinski definition) is 3. The molecule has 2 N–H and O–H groups in total. The van der Waals surface area contributed by atoms with Crippen molar-refractivity contribution in [3.05, 3.63) is 23.3 Å². The predicted octanol–water partition coefficient (Wildman–Crippen LogP) is 2.65. The molecule has 1 saturated carbocycles. The van der Waals surface area contributed by atoms with Crippen LogP contribution in [-0.4, -0.2) is 20.3 Å². The van der Waals surface area contributed by atoms with Gasteiger partial charge in [-0.05, 0) is 43.9 Å². The second kappa shape index (κ2) is 4.81. The molecular weight excluding hydrogens is 226 g/mol. The van der Waals surface area contributed by atoms with Crippen LogP contribution in [0, 0.1) is 0 Å². The van der Waals surface area contributed by atoms with Crippen LogP contribution in [0.1, 0.15) is 37.8 Å². The Morgan fingerprint density at radius 2 is 1.83 bits per heavy atom. The van der Waals surface area contributed by atoms with Crippen LogP contribution >= 0.6 is 0 Å². The molecule has 1 fully saturated rings. The molecule has 3 nitrogen and oxygen atoms in total. The molecule has 0 saturated heterocycles. The molecule has 1 aromatic rings. The highest BCUT2D eigenvalue weighted by molar-refractivity contribution is 5.52. The van der Waals surface area contributed by atoms with Crippen LogP contribution in [0.5, 0.6) is 11.5 Å². The van der Waals surface area contributed by atoms with E-state index in [0.29, 0.717) is 0 Å². The van der Waals surface area contributed by atoms with E-state index in [9.17, 15) is 0 Å². The molecular formula is C15H23NO2. The molecule has 0 amide bonds. The molecule has 2 rings (SSSR count). The molecule has 0 aromatic heterocycles. The minimum atomic E-state index is 0.0882. The number of aryl methyl sites for hydroxylation is 1. The van der Waals surface area contributed by atoms with E-state index < -0.39 is 0 Å². The first-order valence-corrected chi connectivity index (χ1v) is 6.60. The average Bonchev–Trinajstić information content (AvgIpc) is 3.18. The third-order valence-corrected chi connectivity index (χ3v) is 4.18. The molecule has 0 radical (unpaired) electrons. The Hall–Kier alpha value is -1.22. The number of rotatable bonds is 5. The summed E-state index contributed by atoms with van der Waals surface area (Å²) >= 11 is 0. The van der Waals surface area contributed by atoms with Crippen molar-refractivity contribution in [3.63, 3.8) is 0 Å². The zero-order valence-electron chi connectivity index (χ0n) is 11.7. The van der Waals surface area contributed by atoms with Crippen LogP contribution in [0.15, 0.2) is 12.1 Å². The van der Waals surface area contributed by atoms with E-state index in [1.165, 1.54) is 11.1 Å². The minimum Gasteiger partial charge on any atom is -0.496 e. The van der Waals surface area contributed by atoms with Gasteiger partial charge in [-0.1, -0.05) is 6.92 Å². The maximum atomic E-state index is 6.15. The predicted molar refractivity (Wildman–Crippen MR) is 73.5 cm³/mol. The molecule has 1 unspecified atom stereocenters. The first-order chi connectivity index (χ1) is 8.58. The highest BCUT2D eigenvalue weighted by atomic mass is 16.5. The van der Waals surface area contributed by atoms with Gasteiger partial charge in [0.1, 0.15) is 11.5 Å². The lowest BCUT2D eigenvalue weighted by Crippen LogP contribution is -2.32. The zero-order valence-corrected chi connectivity index (χ0v) is 11.7. The molecule has 18 heavy (non-hydrogen) atoms. The molecule has 0 aliphatic heterocycles. The lowest BCUT2D eigenvalue weighted by atomic mass is 9.87. The Balaban J connectivity index is 2.53. The fraction of sp³-hybridized carbons (Fsp3) is 0.600. The van der Waals surface area contributed by atoms with E-state index in [2.05, 4.69) is 26.0 Å². The SMILES string of the molecule is CCc1cc(OC)c(C2(C(C)N)CC2)cc1OC. The Labute approximate surface area is 109 Å². The molecule has 0 spiro atoms. The summed E-state index contributed by atoms with van der Waals surface area (Å²) in [6.45, 7) is 4.20. The van der Waals surface area contributed by atoms with Gasteiger partial charge in [0, 0.05) is 17.0 Å². The van der Waals surface area contributed by atoms with Crippen LogP contribution in [0.4, 0.5) is 0 Å². The van der Waals surface area contributed by atoms with E-state index >= 15 is 0 Å². The highest BCUT2D eigenvalue weighted by Gasteiger charge is 2.49. The van der Waals surface area contributed by atoms with E-state index in [1.54, 1.807) is 14.2 Å². The minimum absolute atomic E-state index is 0.0882. The smallest absolute Gasteiger partial charge is 0.123 e. The summed E-state index contributed by atoms with van der Waals surface area (Å²) in [6, 6.07) is 4.36. The Kier molecular flexibility index (Phi) is 3.53. The number of nitrogens with two attached hydrogens (primary N) is 1. The average molecular weight is 249 g/mol. The molecule has 3 heteroatoms. The second-order valence-electron chi connectivity index (χ2n) is 5.16. The summed E-state index contributed by atoms with van der Waals surface area (Å²) in [5.74, 6) is 1.89. The lowest BCUT2D eigenvalue weighted by Gasteiger charge is -2.24. The van der Waals surface area contributed by atoms with Crippen LogP contribution in [-0.2, 0) is 11.8 Å². The molecule has 0 bridgehead atoms. The molecule has 1 aliphatic rings. The maximum Gasteiger partial charge on any atom is 0.123 e. The standard InChI is InChI=1S/C15H23NO2/c1-5-11-8-14(18-4)12(9-13(11)17-3)15(6-7-15)10(2)16/h8-10H,5-7,16H2,1-4H3. The first kappa shape index (κ1) is 13.2. The summed E-state index contributed by atoms with van der Waals surface area (Å²) in [5.41, 5.74) is 8.62. The van der Waals surface area contributed by atoms with Crippen molar-refractivity contribution in [2.24, 2.45) is 5.73 Å². The van der Waals surface area contributed by atoms with Crippen molar-refractivity contribution < 1.29 is 9.47 Å². The van der Waals surface area contributed by atoms with Gasteiger partial charge in [-0.2, -0.15) is 0 Å². The highest BCUT2D eigenvalue weighted by Crippen LogP contribution is 2.54. The van der Waals surface area contributed by atoms with Gasteiger partial charge in [0.25, 0.3) is 0 Å². The van der Waals surface area contributed by atoms with Gasteiger partial charge in [-0.15, -0.1) is 0 Å². The summed E-state index contributed by atoms with van der Waals surface area (Å²) < 4.78 is 11.0. The quantitative estimate of drug-likeness (QED) is 0.872. The summed E-state index contributed by atoms with van der Waals surface area (Å²) in [5, 5.41) is 0. The van der Waals surface area contributed by atoms with Gasteiger partial charge in [0.15, 0.2) is 0 Å². The van der Waals surface area contributed by atoms with Gasteiger partial charge in [0.2, 0.25) is 0 Å². The van der Waals surface area contributed by atoms with Gasteiger partial charge < -0.3 is 15.2 Å². The fourth-order valence-electron chi connectivity index (χ4n) is 2.73. The van der Waals surface area contributed by atoms with Crippen molar-refractivity contribution in [1.82, 2.24) is 0 Å². The van der Waals surface area contributed by atoms with Crippen LogP contribution in [0.3, 0.4) is 0 Å². The summed E-state index contributed by atoms with van der Waals surface area (Å²) in [7, 11) is 3.44. The number of benzene rings is 1. The van der Waals surface area contributed by atoms with E-state index in [-0.39, 0.29) is 11.5 Å². The molecule has 1 aromatic carbocycles. The zero-order chi connectivity index (χ0) is 13.3. The first-order valence-electron chi connectivity index (χ1n) is 6.60. The molecule has 100 valence electrons. The largest absolute Gasteiger partial charge is 0.496 e. The lowest BCUT2D eigenvalue weighted by molar-refractivity contribution is 0.386. The normalized spacial score (nSPS) is 18.3. The van der Waals surface area contributed by atoms with Crippen molar-refractivity contribution >= 4 is 0 Å². The maximum absolute atomic E-state index is 6.15. The summed E-state index contributed by atoms with van der Waals surface area (Å²) in [4.78, 5) is 0. The summed E-state index contributed by atoms with van der Waals surface area (Å²) in [6.07, 6.45) is 3.20. The Bertz CT molecular complexity index is 436. The third kappa shape index (κ3) is 1.97. The Morgan fingerprint density at radius 1 is 1.22 bits per heavy atom. The number of methoxy groups -OCH3 is 2. The van der Waals surface area contributed by atoms with Crippen LogP contribution in [0.25, 0.3) is 0 Å². The van der Waals surface area contributed by atoms with Crippen molar-refractivity contribution in [1.29, 1.82) is 0 Å². The topological polar surface area (TPSA) is 44.5 Å². The number of hydrogen-bond donors (Lipinski definition) is 1.